The van der Waals surface area contributed by atoms with Gasteiger partial charge in [-0.25, -0.2) is 0 Å². The molecular formula is C11H13N3OS. The molecule has 0 amide bonds. The lowest BCUT2D eigenvalue weighted by Gasteiger charge is -2.19. The third-order valence-electron chi connectivity index (χ3n) is 2.45. The molecule has 0 fully saturated rings. The molecule has 0 saturated heterocycles. The quantitative estimate of drug-likeness (QED) is 0.838. The Balaban J connectivity index is 2.23. The van der Waals surface area contributed by atoms with E-state index < -0.39 is 6.10 Å². The number of aliphatic hydroxyl groups is 1. The summed E-state index contributed by atoms with van der Waals surface area (Å²) < 4.78 is 0. The molecule has 2 rings (SSSR count). The number of thiazole rings is 1. The number of pyridine rings is 1. The normalized spacial score (nSPS) is 14.6. The molecule has 2 atom stereocenters. The van der Waals surface area contributed by atoms with E-state index in [1.165, 1.54) is 11.3 Å². The van der Waals surface area contributed by atoms with Crippen LogP contribution >= 0.6 is 11.3 Å². The van der Waals surface area contributed by atoms with Gasteiger partial charge in [-0.05, 0) is 12.1 Å². The van der Waals surface area contributed by atoms with E-state index in [1.54, 1.807) is 17.9 Å². The second-order valence-corrected chi connectivity index (χ2v) is 4.36. The van der Waals surface area contributed by atoms with Crippen molar-refractivity contribution in [3.63, 3.8) is 0 Å². The van der Waals surface area contributed by atoms with Crippen LogP contribution in [0.3, 0.4) is 0 Å². The highest BCUT2D eigenvalue weighted by atomic mass is 32.1. The zero-order valence-corrected chi connectivity index (χ0v) is 9.47. The molecule has 2 unspecified atom stereocenters. The fraction of sp³-hybridized carbons (Fsp3) is 0.273. The van der Waals surface area contributed by atoms with Gasteiger partial charge in [0.1, 0.15) is 0 Å². The Morgan fingerprint density at radius 1 is 1.44 bits per heavy atom. The maximum absolute atomic E-state index is 10.2. The van der Waals surface area contributed by atoms with Crippen LogP contribution in [0.5, 0.6) is 0 Å². The monoisotopic (exact) mass is 235 g/mol. The van der Waals surface area contributed by atoms with Crippen molar-refractivity contribution in [2.75, 3.05) is 6.54 Å². The van der Waals surface area contributed by atoms with E-state index in [4.69, 9.17) is 5.73 Å². The van der Waals surface area contributed by atoms with E-state index in [1.807, 2.05) is 18.2 Å². The summed E-state index contributed by atoms with van der Waals surface area (Å²) in [5, 5.41) is 10.2. The number of nitrogens with two attached hydrogens (primary N) is 1. The maximum Gasteiger partial charge on any atom is 0.0993 e. The molecule has 0 bridgehead atoms. The second kappa shape index (κ2) is 5.16. The highest BCUT2D eigenvalue weighted by molar-refractivity contribution is 7.09. The Kier molecular flexibility index (Phi) is 3.61. The molecule has 3 N–H and O–H groups in total. The van der Waals surface area contributed by atoms with Crippen LogP contribution in [0.1, 0.15) is 22.6 Å². The van der Waals surface area contributed by atoms with Gasteiger partial charge in [0.2, 0.25) is 0 Å². The van der Waals surface area contributed by atoms with E-state index in [0.29, 0.717) is 6.54 Å². The molecular weight excluding hydrogens is 222 g/mol. The van der Waals surface area contributed by atoms with E-state index in [-0.39, 0.29) is 5.92 Å². The number of aliphatic hydroxyl groups excluding tert-OH is 1. The molecule has 4 nitrogen and oxygen atoms in total. The Bertz CT molecular complexity index is 418. The Morgan fingerprint density at radius 2 is 2.31 bits per heavy atom. The van der Waals surface area contributed by atoms with E-state index in [0.717, 1.165) is 10.6 Å². The Hall–Kier alpha value is -1.30. The van der Waals surface area contributed by atoms with Gasteiger partial charge in [-0.15, -0.1) is 11.3 Å². The summed E-state index contributed by atoms with van der Waals surface area (Å²) in [7, 11) is 0. The molecule has 0 aliphatic heterocycles. The molecule has 2 aromatic heterocycles. The zero-order chi connectivity index (χ0) is 11.4. The summed E-state index contributed by atoms with van der Waals surface area (Å²) in [5.41, 5.74) is 8.21. The molecule has 16 heavy (non-hydrogen) atoms. The molecule has 84 valence electrons. The summed E-state index contributed by atoms with van der Waals surface area (Å²) in [5.74, 6) is -0.179. The van der Waals surface area contributed by atoms with Crippen LogP contribution in [0.2, 0.25) is 0 Å². The van der Waals surface area contributed by atoms with Gasteiger partial charge in [0, 0.05) is 30.6 Å². The van der Waals surface area contributed by atoms with Gasteiger partial charge in [-0.3, -0.25) is 9.97 Å². The predicted molar refractivity (Wildman–Crippen MR) is 63.1 cm³/mol. The number of nitrogens with zero attached hydrogens (tertiary/aromatic N) is 2. The van der Waals surface area contributed by atoms with Gasteiger partial charge in [-0.1, -0.05) is 6.07 Å². The van der Waals surface area contributed by atoms with Crippen molar-refractivity contribution in [2.24, 2.45) is 5.73 Å². The highest BCUT2D eigenvalue weighted by Gasteiger charge is 2.23. The molecule has 5 heteroatoms. The molecule has 0 aliphatic rings. The van der Waals surface area contributed by atoms with Gasteiger partial charge in [0.15, 0.2) is 0 Å². The fourth-order valence-corrected chi connectivity index (χ4v) is 2.25. The minimum Gasteiger partial charge on any atom is -0.387 e. The molecule has 0 saturated carbocycles. The zero-order valence-electron chi connectivity index (χ0n) is 8.65. The van der Waals surface area contributed by atoms with Crippen molar-refractivity contribution in [3.8, 4) is 0 Å². The van der Waals surface area contributed by atoms with Crippen molar-refractivity contribution in [1.29, 1.82) is 0 Å². The van der Waals surface area contributed by atoms with Gasteiger partial charge < -0.3 is 10.8 Å². The van der Waals surface area contributed by atoms with Crippen LogP contribution < -0.4 is 5.73 Å². The standard InChI is InChI=1S/C11H13N3OS/c12-5-8(9-3-1-2-4-14-9)11(15)10-6-13-7-16-10/h1-4,6-8,11,15H,5,12H2. The molecule has 2 heterocycles. The summed E-state index contributed by atoms with van der Waals surface area (Å²) in [6.45, 7) is 0.357. The summed E-state index contributed by atoms with van der Waals surface area (Å²) in [6.07, 6.45) is 2.74. The third-order valence-corrected chi connectivity index (χ3v) is 3.29. The topological polar surface area (TPSA) is 72.0 Å². The number of hydrogen-bond donors (Lipinski definition) is 2. The van der Waals surface area contributed by atoms with Crippen molar-refractivity contribution in [3.05, 3.63) is 46.7 Å². The lowest BCUT2D eigenvalue weighted by atomic mass is 9.97. The fourth-order valence-electron chi connectivity index (χ4n) is 1.58. The summed E-state index contributed by atoms with van der Waals surface area (Å²) in [6, 6.07) is 5.61. The number of aromatic nitrogens is 2. The van der Waals surface area contributed by atoms with Crippen LogP contribution in [0.4, 0.5) is 0 Å². The number of rotatable bonds is 4. The molecule has 0 aliphatic carbocycles. The second-order valence-electron chi connectivity index (χ2n) is 3.45. The Morgan fingerprint density at radius 3 is 2.88 bits per heavy atom. The van der Waals surface area contributed by atoms with E-state index in [2.05, 4.69) is 9.97 Å². The smallest absolute Gasteiger partial charge is 0.0993 e. The lowest BCUT2D eigenvalue weighted by molar-refractivity contribution is 0.149. The van der Waals surface area contributed by atoms with Crippen LogP contribution in [0.15, 0.2) is 36.1 Å². The van der Waals surface area contributed by atoms with Crippen molar-refractivity contribution >= 4 is 11.3 Å². The maximum atomic E-state index is 10.2. The SMILES string of the molecule is NCC(c1ccccn1)C(O)c1cncs1. The van der Waals surface area contributed by atoms with Crippen molar-refractivity contribution in [2.45, 2.75) is 12.0 Å². The van der Waals surface area contributed by atoms with Crippen molar-refractivity contribution < 1.29 is 5.11 Å². The van der Waals surface area contributed by atoms with Gasteiger partial charge in [0.25, 0.3) is 0 Å². The number of hydrogen-bond acceptors (Lipinski definition) is 5. The molecule has 0 aromatic carbocycles. The van der Waals surface area contributed by atoms with E-state index >= 15 is 0 Å². The highest BCUT2D eigenvalue weighted by Crippen LogP contribution is 2.30. The Labute approximate surface area is 97.8 Å². The van der Waals surface area contributed by atoms with E-state index in [9.17, 15) is 5.11 Å². The average molecular weight is 235 g/mol. The van der Waals surface area contributed by atoms with Crippen LogP contribution in [0.25, 0.3) is 0 Å². The van der Waals surface area contributed by atoms with Crippen LogP contribution in [-0.2, 0) is 0 Å². The molecule has 0 radical (unpaired) electrons. The third kappa shape index (κ3) is 2.27. The lowest BCUT2D eigenvalue weighted by Crippen LogP contribution is -2.20. The van der Waals surface area contributed by atoms with Gasteiger partial charge >= 0.3 is 0 Å². The van der Waals surface area contributed by atoms with Crippen LogP contribution in [0, 0.1) is 0 Å². The first kappa shape index (κ1) is 11.2. The van der Waals surface area contributed by atoms with Crippen molar-refractivity contribution in [1.82, 2.24) is 9.97 Å². The summed E-state index contributed by atoms with van der Waals surface area (Å²) in [4.78, 5) is 9.00. The van der Waals surface area contributed by atoms with Crippen LogP contribution in [-0.4, -0.2) is 21.6 Å². The predicted octanol–water partition coefficient (Wildman–Crippen LogP) is 1.31. The first-order chi connectivity index (χ1) is 7.83. The first-order valence-electron chi connectivity index (χ1n) is 5.00. The first-order valence-corrected chi connectivity index (χ1v) is 5.88. The minimum atomic E-state index is -0.632. The largest absolute Gasteiger partial charge is 0.387 e. The molecule has 2 aromatic rings. The van der Waals surface area contributed by atoms with Gasteiger partial charge in [-0.2, -0.15) is 0 Å². The summed E-state index contributed by atoms with van der Waals surface area (Å²) >= 11 is 1.42. The molecule has 0 spiro atoms. The minimum absolute atomic E-state index is 0.179. The average Bonchev–Trinajstić information content (AvgIpc) is 2.85. The van der Waals surface area contributed by atoms with Gasteiger partial charge in [0.05, 0.1) is 16.5 Å².